The van der Waals surface area contributed by atoms with E-state index in [-0.39, 0.29) is 0 Å². The second-order valence-corrected chi connectivity index (χ2v) is 5.03. The molecule has 0 radical (unpaired) electrons. The van der Waals surface area contributed by atoms with E-state index in [4.69, 9.17) is 4.74 Å². The van der Waals surface area contributed by atoms with Crippen LogP contribution in [0.25, 0.3) is 0 Å². The highest BCUT2D eigenvalue weighted by Crippen LogP contribution is 2.37. The maximum absolute atomic E-state index is 5.37. The molecule has 2 aliphatic rings. The highest BCUT2D eigenvalue weighted by Gasteiger charge is 2.35. The minimum absolute atomic E-state index is 0.362. The number of rotatable bonds is 3. The second-order valence-electron chi connectivity index (χ2n) is 5.03. The quantitative estimate of drug-likeness (QED) is 0.720. The molecule has 0 aromatic heterocycles. The summed E-state index contributed by atoms with van der Waals surface area (Å²) in [5.41, 5.74) is 0.362. The van der Waals surface area contributed by atoms with Gasteiger partial charge < -0.3 is 10.1 Å². The van der Waals surface area contributed by atoms with Crippen molar-refractivity contribution in [2.75, 3.05) is 19.8 Å². The summed E-state index contributed by atoms with van der Waals surface area (Å²) in [6, 6.07) is 0. The summed E-state index contributed by atoms with van der Waals surface area (Å²) < 4.78 is 5.37. The first-order chi connectivity index (χ1) is 6.20. The molecular formula is C11H21NO. The number of nitrogens with one attached hydrogen (secondary N) is 1. The Hall–Kier alpha value is -0.0800. The summed E-state index contributed by atoms with van der Waals surface area (Å²) >= 11 is 0. The number of ether oxygens (including phenoxy) is 1. The third-order valence-electron chi connectivity index (χ3n) is 3.66. The molecule has 1 N–H and O–H groups in total. The summed E-state index contributed by atoms with van der Waals surface area (Å²) in [5, 5.41) is 3.71. The third-order valence-corrected chi connectivity index (χ3v) is 3.66. The van der Waals surface area contributed by atoms with Gasteiger partial charge >= 0.3 is 0 Å². The lowest BCUT2D eigenvalue weighted by Crippen LogP contribution is -2.47. The molecular weight excluding hydrogens is 162 g/mol. The van der Waals surface area contributed by atoms with Crippen LogP contribution >= 0.6 is 0 Å². The maximum Gasteiger partial charge on any atom is 0.0483 e. The summed E-state index contributed by atoms with van der Waals surface area (Å²) in [6.45, 7) is 7.77. The molecule has 1 heterocycles. The maximum atomic E-state index is 5.37. The van der Waals surface area contributed by atoms with E-state index in [2.05, 4.69) is 19.2 Å². The fraction of sp³-hybridized carbons (Fsp3) is 1.00. The Morgan fingerprint density at radius 2 is 2.00 bits per heavy atom. The van der Waals surface area contributed by atoms with Crippen LogP contribution in [0.4, 0.5) is 0 Å². The van der Waals surface area contributed by atoms with Gasteiger partial charge in [0.05, 0.1) is 0 Å². The van der Waals surface area contributed by atoms with Gasteiger partial charge in [-0.05, 0) is 44.6 Å². The van der Waals surface area contributed by atoms with E-state index >= 15 is 0 Å². The predicted molar refractivity (Wildman–Crippen MR) is 53.7 cm³/mol. The first-order valence-corrected chi connectivity index (χ1v) is 5.52. The van der Waals surface area contributed by atoms with Crippen LogP contribution in [0.1, 0.15) is 33.1 Å². The van der Waals surface area contributed by atoms with Crippen LogP contribution in [0.2, 0.25) is 0 Å². The van der Waals surface area contributed by atoms with E-state index in [0.29, 0.717) is 5.54 Å². The van der Waals surface area contributed by atoms with Gasteiger partial charge in [-0.3, -0.25) is 0 Å². The van der Waals surface area contributed by atoms with Gasteiger partial charge in [-0.2, -0.15) is 0 Å². The first kappa shape index (κ1) is 9.47. The number of hydrogen-bond donors (Lipinski definition) is 1. The van der Waals surface area contributed by atoms with Crippen LogP contribution < -0.4 is 5.32 Å². The average Bonchev–Trinajstić information content (AvgIpc) is 2.80. The van der Waals surface area contributed by atoms with Crippen molar-refractivity contribution in [2.45, 2.75) is 38.6 Å². The molecule has 2 nitrogen and oxygen atoms in total. The zero-order chi connectivity index (χ0) is 9.31. The van der Waals surface area contributed by atoms with Gasteiger partial charge in [0.2, 0.25) is 0 Å². The van der Waals surface area contributed by atoms with Gasteiger partial charge in [-0.1, -0.05) is 6.92 Å². The van der Waals surface area contributed by atoms with E-state index in [0.717, 1.165) is 25.0 Å². The molecule has 1 saturated heterocycles. The summed E-state index contributed by atoms with van der Waals surface area (Å²) in [5.74, 6) is 1.93. The molecule has 2 heteroatoms. The Balaban J connectivity index is 1.72. The molecule has 1 saturated carbocycles. The molecule has 2 unspecified atom stereocenters. The summed E-state index contributed by atoms with van der Waals surface area (Å²) in [4.78, 5) is 0. The minimum atomic E-state index is 0.362. The van der Waals surface area contributed by atoms with Gasteiger partial charge in [0.25, 0.3) is 0 Å². The van der Waals surface area contributed by atoms with Crippen molar-refractivity contribution in [3.05, 3.63) is 0 Å². The summed E-state index contributed by atoms with van der Waals surface area (Å²) in [7, 11) is 0. The zero-order valence-electron chi connectivity index (χ0n) is 8.81. The molecule has 1 aliphatic heterocycles. The van der Waals surface area contributed by atoms with Gasteiger partial charge in [0.15, 0.2) is 0 Å². The lowest BCUT2D eigenvalue weighted by Gasteiger charge is -2.34. The van der Waals surface area contributed by atoms with Crippen LogP contribution in [0.15, 0.2) is 0 Å². The molecule has 0 aromatic carbocycles. The van der Waals surface area contributed by atoms with Crippen LogP contribution in [0.3, 0.4) is 0 Å². The average molecular weight is 183 g/mol. The third kappa shape index (κ3) is 2.44. The molecule has 13 heavy (non-hydrogen) atoms. The van der Waals surface area contributed by atoms with E-state index in [1.54, 1.807) is 0 Å². The fourth-order valence-corrected chi connectivity index (χ4v) is 2.06. The smallest absolute Gasteiger partial charge is 0.0483 e. The van der Waals surface area contributed by atoms with Crippen LogP contribution in [-0.2, 0) is 4.74 Å². The molecule has 2 fully saturated rings. The largest absolute Gasteiger partial charge is 0.381 e. The van der Waals surface area contributed by atoms with Gasteiger partial charge in [0, 0.05) is 18.8 Å². The van der Waals surface area contributed by atoms with Crippen molar-refractivity contribution < 1.29 is 4.74 Å². The molecule has 2 rings (SSSR count). The Bertz CT molecular complexity index is 175. The normalized spacial score (nSPS) is 37.4. The molecule has 0 amide bonds. The van der Waals surface area contributed by atoms with Crippen LogP contribution in [-0.4, -0.2) is 25.3 Å². The van der Waals surface area contributed by atoms with Gasteiger partial charge in [-0.25, -0.2) is 0 Å². The first-order valence-electron chi connectivity index (χ1n) is 5.52. The zero-order valence-corrected chi connectivity index (χ0v) is 8.81. The van der Waals surface area contributed by atoms with Gasteiger partial charge in [0.1, 0.15) is 0 Å². The van der Waals surface area contributed by atoms with Crippen molar-refractivity contribution in [1.29, 1.82) is 0 Å². The van der Waals surface area contributed by atoms with E-state index < -0.39 is 0 Å². The SMILES string of the molecule is CC1CC1CNC1(C)CCOCC1. The highest BCUT2D eigenvalue weighted by molar-refractivity contribution is 4.90. The Kier molecular flexibility index (Phi) is 2.61. The monoisotopic (exact) mass is 183 g/mol. The van der Waals surface area contributed by atoms with Crippen LogP contribution in [0, 0.1) is 11.8 Å². The van der Waals surface area contributed by atoms with Crippen LogP contribution in [0.5, 0.6) is 0 Å². The van der Waals surface area contributed by atoms with Gasteiger partial charge in [-0.15, -0.1) is 0 Å². The van der Waals surface area contributed by atoms with Crippen molar-refractivity contribution in [2.24, 2.45) is 11.8 Å². The Labute approximate surface area is 81.0 Å². The molecule has 0 spiro atoms. The van der Waals surface area contributed by atoms with E-state index in [1.807, 2.05) is 0 Å². The van der Waals surface area contributed by atoms with Crippen molar-refractivity contribution in [3.63, 3.8) is 0 Å². The molecule has 0 bridgehead atoms. The lowest BCUT2D eigenvalue weighted by atomic mass is 9.92. The second kappa shape index (κ2) is 3.58. The molecule has 2 atom stereocenters. The minimum Gasteiger partial charge on any atom is -0.381 e. The Morgan fingerprint density at radius 3 is 2.54 bits per heavy atom. The highest BCUT2D eigenvalue weighted by atomic mass is 16.5. The Morgan fingerprint density at radius 1 is 1.38 bits per heavy atom. The standard InChI is InChI=1S/C11H21NO/c1-9-7-10(9)8-12-11(2)3-5-13-6-4-11/h9-10,12H,3-8H2,1-2H3. The number of hydrogen-bond acceptors (Lipinski definition) is 2. The molecule has 76 valence electrons. The van der Waals surface area contributed by atoms with Crippen molar-refractivity contribution in [3.8, 4) is 0 Å². The van der Waals surface area contributed by atoms with Crippen molar-refractivity contribution in [1.82, 2.24) is 5.32 Å². The fourth-order valence-electron chi connectivity index (χ4n) is 2.06. The topological polar surface area (TPSA) is 21.3 Å². The predicted octanol–water partition coefficient (Wildman–Crippen LogP) is 1.80. The summed E-state index contributed by atoms with van der Waals surface area (Å²) in [6.07, 6.45) is 3.78. The molecule has 1 aliphatic carbocycles. The van der Waals surface area contributed by atoms with E-state index in [9.17, 15) is 0 Å². The lowest BCUT2D eigenvalue weighted by molar-refractivity contribution is 0.0448. The molecule has 0 aromatic rings. The van der Waals surface area contributed by atoms with Crippen molar-refractivity contribution >= 4 is 0 Å². The van der Waals surface area contributed by atoms with E-state index in [1.165, 1.54) is 25.8 Å².